The molecule has 2 aliphatic carbocycles. The van der Waals surface area contributed by atoms with Gasteiger partial charge in [0.1, 0.15) is 0 Å². The van der Waals surface area contributed by atoms with Crippen molar-refractivity contribution in [1.82, 2.24) is 0 Å². The van der Waals surface area contributed by atoms with E-state index in [4.69, 9.17) is 0 Å². The number of hydrogen-bond acceptors (Lipinski definition) is 2. The molecule has 0 aromatic rings. The monoisotopic (exact) mass is 310 g/mol. The van der Waals surface area contributed by atoms with E-state index in [2.05, 4.69) is 27.7 Å². The molecule has 0 aromatic heterocycles. The van der Waals surface area contributed by atoms with Crippen LogP contribution in [0.25, 0.3) is 0 Å². The lowest BCUT2D eigenvalue weighted by atomic mass is 9.70. The van der Waals surface area contributed by atoms with Crippen LogP contribution in [0.3, 0.4) is 0 Å². The van der Waals surface area contributed by atoms with Crippen molar-refractivity contribution >= 4 is 0 Å². The second-order valence-electron chi connectivity index (χ2n) is 8.82. The Bertz CT molecular complexity index is 278. The smallest absolute Gasteiger partial charge is 0.0829 e. The van der Waals surface area contributed by atoms with Crippen LogP contribution in [-0.2, 0) is 0 Å². The lowest BCUT2D eigenvalue weighted by molar-refractivity contribution is -0.0696. The van der Waals surface area contributed by atoms with Crippen LogP contribution in [0.15, 0.2) is 0 Å². The first kappa shape index (κ1) is 18.3. The fraction of sp³-hybridized carbons (Fsp3) is 1.00. The van der Waals surface area contributed by atoms with Gasteiger partial charge in [0.2, 0.25) is 0 Å². The first-order valence-corrected chi connectivity index (χ1v) is 9.76. The van der Waals surface area contributed by atoms with Crippen molar-refractivity contribution < 1.29 is 10.2 Å². The molecule has 0 saturated heterocycles. The Morgan fingerprint density at radius 2 is 0.727 bits per heavy atom. The van der Waals surface area contributed by atoms with Gasteiger partial charge >= 0.3 is 0 Å². The van der Waals surface area contributed by atoms with Crippen molar-refractivity contribution in [3.63, 3.8) is 0 Å². The highest BCUT2D eigenvalue weighted by atomic mass is 16.3. The van der Waals surface area contributed by atoms with Gasteiger partial charge in [-0.3, -0.25) is 0 Å². The average Bonchev–Trinajstić information content (AvgIpc) is 2.53. The number of aliphatic hydroxyl groups is 2. The number of aliphatic hydroxyl groups excluding tert-OH is 2. The van der Waals surface area contributed by atoms with Crippen molar-refractivity contribution in [2.75, 3.05) is 0 Å². The molecule has 0 heterocycles. The van der Waals surface area contributed by atoms with Crippen LogP contribution in [0.2, 0.25) is 0 Å². The van der Waals surface area contributed by atoms with E-state index in [0.717, 1.165) is 49.4 Å². The van der Waals surface area contributed by atoms with Crippen LogP contribution in [0.5, 0.6) is 0 Å². The standard InChI is InChI=1S/C20H38O2/c1-13(2)15-5-9-17(10-6-15)19(21)20(22)18-11-7-16(8-12-18)14(3)4/h13-22H,5-12H2,1-4H3. The van der Waals surface area contributed by atoms with Gasteiger partial charge in [0.15, 0.2) is 0 Å². The normalized spacial score (nSPS) is 36.5. The minimum Gasteiger partial charge on any atom is -0.390 e. The summed E-state index contributed by atoms with van der Waals surface area (Å²) in [4.78, 5) is 0. The largest absolute Gasteiger partial charge is 0.390 e. The van der Waals surface area contributed by atoms with Gasteiger partial charge in [-0.1, -0.05) is 27.7 Å². The molecule has 2 heteroatoms. The lowest BCUT2D eigenvalue weighted by Gasteiger charge is -2.39. The highest BCUT2D eigenvalue weighted by molar-refractivity contribution is 4.87. The molecule has 2 saturated carbocycles. The molecule has 130 valence electrons. The summed E-state index contributed by atoms with van der Waals surface area (Å²) in [6.45, 7) is 9.24. The van der Waals surface area contributed by atoms with Crippen LogP contribution in [0.1, 0.15) is 79.1 Å². The van der Waals surface area contributed by atoms with Crippen LogP contribution < -0.4 is 0 Å². The molecule has 0 amide bonds. The zero-order valence-corrected chi connectivity index (χ0v) is 15.2. The Morgan fingerprint density at radius 1 is 0.500 bits per heavy atom. The first-order chi connectivity index (χ1) is 10.4. The van der Waals surface area contributed by atoms with Gasteiger partial charge in [-0.15, -0.1) is 0 Å². The zero-order valence-electron chi connectivity index (χ0n) is 15.2. The van der Waals surface area contributed by atoms with Gasteiger partial charge in [-0.2, -0.15) is 0 Å². The van der Waals surface area contributed by atoms with Crippen LogP contribution in [0, 0.1) is 35.5 Å². The Labute approximate surface area is 137 Å². The van der Waals surface area contributed by atoms with Crippen molar-refractivity contribution in [3.8, 4) is 0 Å². The lowest BCUT2D eigenvalue weighted by Crippen LogP contribution is -2.42. The van der Waals surface area contributed by atoms with Crippen molar-refractivity contribution in [2.24, 2.45) is 35.5 Å². The minimum absolute atomic E-state index is 0.327. The van der Waals surface area contributed by atoms with Gasteiger partial charge < -0.3 is 10.2 Å². The molecule has 2 N–H and O–H groups in total. The van der Waals surface area contributed by atoms with E-state index in [-0.39, 0.29) is 0 Å². The summed E-state index contributed by atoms with van der Waals surface area (Å²) in [6.07, 6.45) is 8.33. The van der Waals surface area contributed by atoms with Crippen LogP contribution in [-0.4, -0.2) is 22.4 Å². The number of hydrogen-bond donors (Lipinski definition) is 2. The van der Waals surface area contributed by atoms with E-state index >= 15 is 0 Å². The molecule has 2 nitrogen and oxygen atoms in total. The Kier molecular flexibility index (Phi) is 6.76. The maximum Gasteiger partial charge on any atom is 0.0829 e. The van der Waals surface area contributed by atoms with Gasteiger partial charge in [0, 0.05) is 0 Å². The van der Waals surface area contributed by atoms with Gasteiger partial charge in [0.25, 0.3) is 0 Å². The Morgan fingerprint density at radius 3 is 0.955 bits per heavy atom. The van der Waals surface area contributed by atoms with Gasteiger partial charge in [-0.25, -0.2) is 0 Å². The highest BCUT2D eigenvalue weighted by Gasteiger charge is 2.36. The first-order valence-electron chi connectivity index (χ1n) is 9.76. The van der Waals surface area contributed by atoms with E-state index in [1.165, 1.54) is 25.7 Å². The molecule has 0 radical (unpaired) electrons. The molecule has 0 spiro atoms. The summed E-state index contributed by atoms with van der Waals surface area (Å²) in [6, 6.07) is 0. The summed E-state index contributed by atoms with van der Waals surface area (Å²) in [5.74, 6) is 3.81. The maximum absolute atomic E-state index is 10.6. The average molecular weight is 311 g/mol. The summed E-state index contributed by atoms with van der Waals surface area (Å²) in [7, 11) is 0. The Hall–Kier alpha value is -0.0800. The molecule has 2 fully saturated rings. The summed E-state index contributed by atoms with van der Waals surface area (Å²) in [5, 5.41) is 21.3. The quantitative estimate of drug-likeness (QED) is 0.777. The third kappa shape index (κ3) is 4.47. The topological polar surface area (TPSA) is 40.5 Å². The minimum atomic E-state index is -0.492. The molecule has 0 aliphatic heterocycles. The molecular formula is C20H38O2. The molecule has 0 aromatic carbocycles. The predicted molar refractivity (Wildman–Crippen MR) is 92.6 cm³/mol. The maximum atomic E-state index is 10.6. The van der Waals surface area contributed by atoms with E-state index in [1.54, 1.807) is 0 Å². The fourth-order valence-electron chi connectivity index (χ4n) is 4.86. The van der Waals surface area contributed by atoms with Crippen molar-refractivity contribution in [3.05, 3.63) is 0 Å². The molecule has 2 unspecified atom stereocenters. The van der Waals surface area contributed by atoms with E-state index in [0.29, 0.717) is 11.8 Å². The fourth-order valence-corrected chi connectivity index (χ4v) is 4.86. The van der Waals surface area contributed by atoms with Crippen molar-refractivity contribution in [1.29, 1.82) is 0 Å². The molecule has 0 bridgehead atoms. The van der Waals surface area contributed by atoms with Gasteiger partial charge in [0.05, 0.1) is 12.2 Å². The Balaban J connectivity index is 1.79. The van der Waals surface area contributed by atoms with Crippen LogP contribution in [0.4, 0.5) is 0 Å². The SMILES string of the molecule is CC(C)C1CCC(C(O)C(O)C2CCC(C(C)C)CC2)CC1. The third-order valence-electron chi connectivity index (χ3n) is 6.83. The highest BCUT2D eigenvalue weighted by Crippen LogP contribution is 2.39. The molecule has 2 rings (SSSR count). The second kappa shape index (κ2) is 8.15. The van der Waals surface area contributed by atoms with E-state index in [1.807, 2.05) is 0 Å². The zero-order chi connectivity index (χ0) is 16.3. The molecule has 22 heavy (non-hydrogen) atoms. The van der Waals surface area contributed by atoms with Crippen molar-refractivity contribution in [2.45, 2.75) is 91.3 Å². The van der Waals surface area contributed by atoms with Gasteiger partial charge in [-0.05, 0) is 86.9 Å². The predicted octanol–water partition coefficient (Wildman–Crippen LogP) is 4.63. The van der Waals surface area contributed by atoms with Crippen LogP contribution >= 0.6 is 0 Å². The molecule has 2 aliphatic rings. The second-order valence-corrected chi connectivity index (χ2v) is 8.82. The number of rotatable bonds is 5. The molecular weight excluding hydrogens is 272 g/mol. The van der Waals surface area contributed by atoms with E-state index in [9.17, 15) is 10.2 Å². The summed E-state index contributed by atoms with van der Waals surface area (Å²) < 4.78 is 0. The molecule has 2 atom stereocenters. The summed E-state index contributed by atoms with van der Waals surface area (Å²) in [5.41, 5.74) is 0. The van der Waals surface area contributed by atoms with E-state index < -0.39 is 12.2 Å². The summed E-state index contributed by atoms with van der Waals surface area (Å²) >= 11 is 0. The third-order valence-corrected chi connectivity index (χ3v) is 6.83.